The molecule has 3 heterocycles. The van der Waals surface area contributed by atoms with Crippen LogP contribution in [0.15, 0.2) is 192 Å². The van der Waals surface area contributed by atoms with E-state index in [1.807, 2.05) is 6.07 Å². The van der Waals surface area contributed by atoms with E-state index in [1.54, 1.807) is 0 Å². The van der Waals surface area contributed by atoms with E-state index in [2.05, 4.69) is 197 Å². The van der Waals surface area contributed by atoms with Crippen LogP contribution in [0.2, 0.25) is 0 Å². The van der Waals surface area contributed by atoms with Crippen LogP contribution in [0.3, 0.4) is 0 Å². The molecule has 1 aliphatic rings. The van der Waals surface area contributed by atoms with Crippen LogP contribution in [0.25, 0.3) is 105 Å². The average Bonchev–Trinajstić information content (AvgIpc) is 3.94. The molecule has 0 spiro atoms. The topological polar surface area (TPSA) is 23.0 Å². The van der Waals surface area contributed by atoms with Gasteiger partial charge in [0.2, 0.25) is 0 Å². The zero-order valence-electron chi connectivity index (χ0n) is 31.2. The number of hydrogen-bond acceptors (Lipinski definition) is 1. The lowest BCUT2D eigenvalue weighted by molar-refractivity contribution is 0.669. The third-order valence-electron chi connectivity index (χ3n) is 12.0. The quantitative estimate of drug-likeness (QED) is 0.173. The average molecular weight is 729 g/mol. The summed E-state index contributed by atoms with van der Waals surface area (Å²) in [6.07, 6.45) is 6.70. The predicted molar refractivity (Wildman–Crippen MR) is 239 cm³/mol. The van der Waals surface area contributed by atoms with Gasteiger partial charge in [-0.25, -0.2) is 0 Å². The van der Waals surface area contributed by atoms with E-state index in [0.717, 1.165) is 51.6 Å². The van der Waals surface area contributed by atoms with E-state index in [4.69, 9.17) is 4.42 Å². The third kappa shape index (κ3) is 4.92. The maximum Gasteiger partial charge on any atom is 0.135 e. The number of rotatable bonds is 5. The van der Waals surface area contributed by atoms with Gasteiger partial charge in [-0.3, -0.25) is 0 Å². The summed E-state index contributed by atoms with van der Waals surface area (Å²) in [6, 6.07) is 66.3. The van der Waals surface area contributed by atoms with Crippen molar-refractivity contribution in [3.05, 3.63) is 199 Å². The van der Waals surface area contributed by atoms with Crippen LogP contribution < -0.4 is 0 Å². The Morgan fingerprint density at radius 1 is 0.404 bits per heavy atom. The standard InChI is InChI=1S/C54H36N2O/c1-3-15-39(16-4-1)55-49-26-10-7-19-43(49)46-24-13-22-41(53(46)55)37-31-36(35-29-30-52-48(34-35)45-21-9-12-28-51(45)57-52)32-38(33-37)42-23-14-25-47-44-20-8-11-27-50(44)56(54(42)47)40-17-5-2-6-18-40/h1-10,12-26,28-34H,11,27H2. The Balaban J connectivity index is 1.18. The molecule has 3 nitrogen and oxygen atoms in total. The van der Waals surface area contributed by atoms with E-state index >= 15 is 0 Å². The van der Waals surface area contributed by atoms with Gasteiger partial charge in [0.25, 0.3) is 0 Å². The molecule has 0 fully saturated rings. The van der Waals surface area contributed by atoms with E-state index < -0.39 is 0 Å². The Labute approximate surface area is 330 Å². The Kier molecular flexibility index (Phi) is 7.05. The van der Waals surface area contributed by atoms with Crippen LogP contribution >= 0.6 is 0 Å². The molecule has 0 aliphatic heterocycles. The van der Waals surface area contributed by atoms with Gasteiger partial charge in [-0.05, 0) is 102 Å². The number of para-hydroxylation sites is 6. The molecule has 0 saturated carbocycles. The van der Waals surface area contributed by atoms with Gasteiger partial charge in [-0.15, -0.1) is 0 Å². The van der Waals surface area contributed by atoms with E-state index in [-0.39, 0.29) is 0 Å². The summed E-state index contributed by atoms with van der Waals surface area (Å²) in [7, 11) is 0. The smallest absolute Gasteiger partial charge is 0.135 e. The zero-order valence-corrected chi connectivity index (χ0v) is 31.2. The van der Waals surface area contributed by atoms with Crippen molar-refractivity contribution in [1.29, 1.82) is 0 Å². The lowest BCUT2D eigenvalue weighted by Crippen LogP contribution is -2.03. The molecule has 0 atom stereocenters. The Bertz CT molecular complexity index is 3400. The molecular weight excluding hydrogens is 693 g/mol. The van der Waals surface area contributed by atoms with Crippen molar-refractivity contribution in [3.63, 3.8) is 0 Å². The number of furan rings is 1. The van der Waals surface area contributed by atoms with Crippen molar-refractivity contribution >= 4 is 60.7 Å². The Morgan fingerprint density at radius 2 is 1.00 bits per heavy atom. The molecule has 11 aromatic rings. The fraction of sp³-hybridized carbons (Fsp3) is 0.0370. The molecule has 0 unspecified atom stereocenters. The van der Waals surface area contributed by atoms with Crippen molar-refractivity contribution in [2.24, 2.45) is 0 Å². The maximum atomic E-state index is 6.29. The summed E-state index contributed by atoms with van der Waals surface area (Å²) >= 11 is 0. The minimum atomic E-state index is 0.901. The van der Waals surface area contributed by atoms with Gasteiger partial charge in [-0.1, -0.05) is 127 Å². The van der Waals surface area contributed by atoms with Crippen LogP contribution in [0, 0.1) is 0 Å². The number of nitrogens with zero attached hydrogens (tertiary/aromatic N) is 2. The molecule has 0 bridgehead atoms. The molecular formula is C54H36N2O. The van der Waals surface area contributed by atoms with Gasteiger partial charge < -0.3 is 13.6 Å². The highest BCUT2D eigenvalue weighted by Gasteiger charge is 2.23. The maximum absolute atomic E-state index is 6.29. The van der Waals surface area contributed by atoms with E-state index in [1.165, 1.54) is 71.9 Å². The molecule has 0 radical (unpaired) electrons. The highest BCUT2D eigenvalue weighted by Crippen LogP contribution is 2.44. The summed E-state index contributed by atoms with van der Waals surface area (Å²) in [4.78, 5) is 0. The summed E-state index contributed by atoms with van der Waals surface area (Å²) < 4.78 is 11.3. The van der Waals surface area contributed by atoms with Gasteiger partial charge >= 0.3 is 0 Å². The number of allylic oxidation sites excluding steroid dienone is 1. The first-order chi connectivity index (χ1) is 28.3. The van der Waals surface area contributed by atoms with Crippen LogP contribution in [-0.2, 0) is 6.42 Å². The lowest BCUT2D eigenvalue weighted by atomic mass is 9.91. The minimum absolute atomic E-state index is 0.901. The molecule has 1 aliphatic carbocycles. The summed E-state index contributed by atoms with van der Waals surface area (Å²) in [5.74, 6) is 0. The molecule has 3 aromatic heterocycles. The van der Waals surface area contributed by atoms with Crippen LogP contribution in [0.5, 0.6) is 0 Å². The van der Waals surface area contributed by atoms with E-state index in [9.17, 15) is 0 Å². The van der Waals surface area contributed by atoms with E-state index in [0.29, 0.717) is 0 Å². The molecule has 8 aromatic carbocycles. The van der Waals surface area contributed by atoms with Crippen molar-refractivity contribution in [2.45, 2.75) is 12.8 Å². The number of aromatic nitrogens is 2. The van der Waals surface area contributed by atoms with Crippen LogP contribution in [0.1, 0.15) is 17.7 Å². The van der Waals surface area contributed by atoms with Crippen LogP contribution in [0.4, 0.5) is 0 Å². The predicted octanol–water partition coefficient (Wildman–Crippen LogP) is 14.6. The summed E-state index contributed by atoms with van der Waals surface area (Å²) in [6.45, 7) is 0. The summed E-state index contributed by atoms with van der Waals surface area (Å²) in [5.41, 5.74) is 17.6. The van der Waals surface area contributed by atoms with Gasteiger partial charge in [0.05, 0.1) is 16.6 Å². The highest BCUT2D eigenvalue weighted by molar-refractivity contribution is 6.14. The SMILES string of the molecule is C1=Cc2c(n(-c3ccccc3)c3c(-c4cc(-c5ccc6oc7ccccc7c6c5)cc(-c5cccc6c7ccccc7n(-c7ccccc7)c56)c4)cccc23)CC1. The Hall–Kier alpha value is -7.36. The second-order valence-corrected chi connectivity index (χ2v) is 15.2. The molecule has 12 rings (SSSR count). The first kappa shape index (κ1) is 31.9. The Morgan fingerprint density at radius 3 is 1.77 bits per heavy atom. The van der Waals surface area contributed by atoms with Crippen molar-refractivity contribution in [3.8, 4) is 44.8 Å². The number of fused-ring (bicyclic) bond motifs is 9. The normalized spacial score (nSPS) is 12.7. The second kappa shape index (κ2) is 12.6. The number of hydrogen-bond donors (Lipinski definition) is 0. The van der Waals surface area contributed by atoms with Crippen molar-refractivity contribution < 1.29 is 4.42 Å². The van der Waals surface area contributed by atoms with Gasteiger partial charge in [0, 0.05) is 60.7 Å². The van der Waals surface area contributed by atoms with Crippen LogP contribution in [-0.4, -0.2) is 9.13 Å². The van der Waals surface area contributed by atoms with Crippen molar-refractivity contribution in [1.82, 2.24) is 9.13 Å². The first-order valence-electron chi connectivity index (χ1n) is 19.8. The van der Waals surface area contributed by atoms with Gasteiger partial charge in [-0.2, -0.15) is 0 Å². The molecule has 0 amide bonds. The molecule has 57 heavy (non-hydrogen) atoms. The molecule has 3 heteroatoms. The monoisotopic (exact) mass is 728 g/mol. The van der Waals surface area contributed by atoms with Crippen molar-refractivity contribution in [2.75, 3.05) is 0 Å². The minimum Gasteiger partial charge on any atom is -0.456 e. The fourth-order valence-corrected chi connectivity index (χ4v) is 9.47. The third-order valence-corrected chi connectivity index (χ3v) is 12.0. The van der Waals surface area contributed by atoms with Gasteiger partial charge in [0.1, 0.15) is 11.2 Å². The molecule has 0 N–H and O–H groups in total. The second-order valence-electron chi connectivity index (χ2n) is 15.2. The molecule has 0 saturated heterocycles. The number of benzene rings is 8. The largest absolute Gasteiger partial charge is 0.456 e. The zero-order chi connectivity index (χ0) is 37.5. The molecule has 268 valence electrons. The fourth-order valence-electron chi connectivity index (χ4n) is 9.47. The first-order valence-corrected chi connectivity index (χ1v) is 19.8. The highest BCUT2D eigenvalue weighted by atomic mass is 16.3. The van der Waals surface area contributed by atoms with Gasteiger partial charge in [0.15, 0.2) is 0 Å². The summed E-state index contributed by atoms with van der Waals surface area (Å²) in [5, 5.41) is 6.03. The lowest BCUT2D eigenvalue weighted by Gasteiger charge is -2.17.